The fraction of sp³-hybridized carbons (Fsp3) is 0.412. The number of amides is 1. The number of Topliss-reactive ketones (excluding diaryl/α,β-unsaturated/α-hetero) is 1. The van der Waals surface area contributed by atoms with Crippen LogP contribution < -0.4 is 5.32 Å². The van der Waals surface area contributed by atoms with E-state index in [1.807, 2.05) is 0 Å². The molecule has 3 heterocycles. The Morgan fingerprint density at radius 3 is 2.56 bits per heavy atom. The van der Waals surface area contributed by atoms with Gasteiger partial charge in [0.25, 0.3) is 5.91 Å². The molecule has 2 fully saturated rings. The maximum Gasteiger partial charge on any atom is 0.286 e. The summed E-state index contributed by atoms with van der Waals surface area (Å²) in [7, 11) is 0. The third-order valence-electron chi connectivity index (χ3n) is 4.78. The predicted octanol–water partition coefficient (Wildman–Crippen LogP) is 2.63. The van der Waals surface area contributed by atoms with E-state index in [0.717, 1.165) is 17.8 Å². The van der Waals surface area contributed by atoms with E-state index in [1.54, 1.807) is 0 Å². The van der Waals surface area contributed by atoms with E-state index >= 15 is 0 Å². The van der Waals surface area contributed by atoms with Gasteiger partial charge in [0.2, 0.25) is 5.01 Å². The third kappa shape index (κ3) is 3.45. The van der Waals surface area contributed by atoms with E-state index < -0.39 is 0 Å². The molecule has 25 heavy (non-hydrogen) atoms. The third-order valence-corrected chi connectivity index (χ3v) is 5.69. The minimum absolute atomic E-state index is 0.278. The number of nitrogens with zero attached hydrogens (tertiary/aromatic N) is 3. The number of piperidine rings is 1. The van der Waals surface area contributed by atoms with Gasteiger partial charge in [0.05, 0.1) is 6.54 Å². The van der Waals surface area contributed by atoms with Gasteiger partial charge in [-0.1, -0.05) is 11.3 Å². The van der Waals surface area contributed by atoms with Gasteiger partial charge < -0.3 is 5.32 Å². The second-order valence-corrected chi connectivity index (χ2v) is 7.53. The molecule has 0 spiro atoms. The minimum Gasteiger partial charge on any atom is -0.320 e. The van der Waals surface area contributed by atoms with Crippen LogP contribution in [-0.2, 0) is 11.3 Å². The zero-order valence-electron chi connectivity index (χ0n) is 13.4. The van der Waals surface area contributed by atoms with Crippen LogP contribution in [0.1, 0.15) is 40.5 Å². The van der Waals surface area contributed by atoms with Crippen molar-refractivity contribution in [3.63, 3.8) is 0 Å². The summed E-state index contributed by atoms with van der Waals surface area (Å²) in [5.74, 6) is -0.363. The second kappa shape index (κ2) is 6.61. The Balaban J connectivity index is 1.41. The lowest BCUT2D eigenvalue weighted by atomic mass is 10.0. The number of fused-ring (bicyclic) bond motifs is 2. The summed E-state index contributed by atoms with van der Waals surface area (Å²) < 4.78 is 12.9. The number of rotatable bonds is 4. The van der Waals surface area contributed by atoms with E-state index in [9.17, 15) is 14.0 Å². The molecular formula is C17H17FN4O2S. The topological polar surface area (TPSA) is 75.2 Å². The van der Waals surface area contributed by atoms with Gasteiger partial charge in [-0.05, 0) is 37.1 Å². The number of carbonyl (C=O) groups is 2. The maximum atomic E-state index is 12.9. The van der Waals surface area contributed by atoms with Crippen molar-refractivity contribution >= 4 is 28.7 Å². The Bertz CT molecular complexity index is 791. The second-order valence-electron chi connectivity index (χ2n) is 6.47. The smallest absolute Gasteiger partial charge is 0.286 e. The van der Waals surface area contributed by atoms with Crippen molar-refractivity contribution in [3.8, 4) is 0 Å². The SMILES string of the molecule is O=C1CC2CCC(C1)N2Cc1nnc(C(=O)Nc2ccc(F)cc2)s1. The van der Waals surface area contributed by atoms with Crippen molar-refractivity contribution in [2.45, 2.75) is 44.3 Å². The number of halogens is 1. The Labute approximate surface area is 148 Å². The number of anilines is 1. The van der Waals surface area contributed by atoms with Crippen LogP contribution in [0.25, 0.3) is 0 Å². The van der Waals surface area contributed by atoms with Gasteiger partial charge in [-0.3, -0.25) is 14.5 Å². The lowest BCUT2D eigenvalue weighted by Crippen LogP contribution is -2.42. The van der Waals surface area contributed by atoms with Crippen molar-refractivity contribution in [2.75, 3.05) is 5.32 Å². The summed E-state index contributed by atoms with van der Waals surface area (Å²) in [5, 5.41) is 11.8. The summed E-state index contributed by atoms with van der Waals surface area (Å²) >= 11 is 1.25. The summed E-state index contributed by atoms with van der Waals surface area (Å²) in [6.45, 7) is 0.629. The van der Waals surface area contributed by atoms with Crippen molar-refractivity contribution < 1.29 is 14.0 Å². The van der Waals surface area contributed by atoms with Crippen LogP contribution in [-0.4, -0.2) is 38.9 Å². The van der Waals surface area contributed by atoms with Gasteiger partial charge >= 0.3 is 0 Å². The molecule has 2 aliphatic rings. The highest BCUT2D eigenvalue weighted by atomic mass is 32.1. The van der Waals surface area contributed by atoms with Crippen molar-refractivity contribution in [1.82, 2.24) is 15.1 Å². The zero-order valence-corrected chi connectivity index (χ0v) is 14.3. The van der Waals surface area contributed by atoms with E-state index in [2.05, 4.69) is 20.4 Å². The van der Waals surface area contributed by atoms with E-state index in [-0.39, 0.29) is 16.7 Å². The van der Waals surface area contributed by atoms with Crippen LogP contribution >= 0.6 is 11.3 Å². The number of ketones is 1. The van der Waals surface area contributed by atoms with Gasteiger partial charge in [-0.15, -0.1) is 10.2 Å². The monoisotopic (exact) mass is 360 g/mol. The molecule has 0 saturated carbocycles. The maximum absolute atomic E-state index is 12.9. The molecular weight excluding hydrogens is 343 g/mol. The average Bonchev–Trinajstić information content (AvgIpc) is 3.14. The zero-order chi connectivity index (χ0) is 17.4. The molecule has 0 aliphatic carbocycles. The van der Waals surface area contributed by atoms with Crippen LogP contribution in [0, 0.1) is 5.82 Å². The molecule has 2 bridgehead atoms. The number of aromatic nitrogens is 2. The molecule has 1 N–H and O–H groups in total. The van der Waals surface area contributed by atoms with Gasteiger partial charge in [0, 0.05) is 30.6 Å². The van der Waals surface area contributed by atoms with Crippen LogP contribution in [0.5, 0.6) is 0 Å². The Morgan fingerprint density at radius 1 is 1.20 bits per heavy atom. The highest BCUT2D eigenvalue weighted by Crippen LogP contribution is 2.35. The number of hydrogen-bond acceptors (Lipinski definition) is 6. The van der Waals surface area contributed by atoms with E-state index in [0.29, 0.717) is 42.9 Å². The van der Waals surface area contributed by atoms with Crippen LogP contribution in [0.15, 0.2) is 24.3 Å². The van der Waals surface area contributed by atoms with Gasteiger partial charge in [0.15, 0.2) is 0 Å². The normalized spacial score (nSPS) is 23.0. The molecule has 2 aliphatic heterocycles. The van der Waals surface area contributed by atoms with Crippen LogP contribution in [0.3, 0.4) is 0 Å². The summed E-state index contributed by atoms with van der Waals surface area (Å²) in [4.78, 5) is 26.2. The fourth-order valence-corrected chi connectivity index (χ4v) is 4.35. The van der Waals surface area contributed by atoms with Crippen LogP contribution in [0.2, 0.25) is 0 Å². The average molecular weight is 360 g/mol. The first-order chi connectivity index (χ1) is 12.1. The lowest BCUT2D eigenvalue weighted by molar-refractivity contribution is -0.123. The molecule has 0 radical (unpaired) electrons. The molecule has 130 valence electrons. The first kappa shape index (κ1) is 16.3. The molecule has 6 nitrogen and oxygen atoms in total. The summed E-state index contributed by atoms with van der Waals surface area (Å²) in [5.41, 5.74) is 0.510. The highest BCUT2D eigenvalue weighted by Gasteiger charge is 2.40. The number of benzene rings is 1. The number of hydrogen-bond donors (Lipinski definition) is 1. The largest absolute Gasteiger partial charge is 0.320 e. The van der Waals surface area contributed by atoms with Crippen molar-refractivity contribution in [3.05, 3.63) is 40.1 Å². The van der Waals surface area contributed by atoms with Gasteiger partial charge in [-0.25, -0.2) is 4.39 Å². The summed E-state index contributed by atoms with van der Waals surface area (Å²) in [6.07, 6.45) is 3.33. The van der Waals surface area contributed by atoms with Gasteiger partial charge in [-0.2, -0.15) is 0 Å². The number of carbonyl (C=O) groups excluding carboxylic acids is 2. The van der Waals surface area contributed by atoms with E-state index in [4.69, 9.17) is 0 Å². The van der Waals surface area contributed by atoms with Crippen LogP contribution in [0.4, 0.5) is 10.1 Å². The quantitative estimate of drug-likeness (QED) is 0.907. The lowest BCUT2D eigenvalue weighted by Gasteiger charge is -2.32. The molecule has 1 aromatic carbocycles. The molecule has 4 rings (SSSR count). The predicted molar refractivity (Wildman–Crippen MR) is 90.9 cm³/mol. The molecule has 2 aromatic rings. The molecule has 2 unspecified atom stereocenters. The highest BCUT2D eigenvalue weighted by molar-refractivity contribution is 7.13. The molecule has 2 saturated heterocycles. The molecule has 1 amide bonds. The van der Waals surface area contributed by atoms with Crippen molar-refractivity contribution in [1.29, 1.82) is 0 Å². The first-order valence-electron chi connectivity index (χ1n) is 8.25. The minimum atomic E-state index is -0.356. The first-order valence-corrected chi connectivity index (χ1v) is 9.07. The van der Waals surface area contributed by atoms with Gasteiger partial charge in [0.1, 0.15) is 16.6 Å². The van der Waals surface area contributed by atoms with Crippen molar-refractivity contribution in [2.24, 2.45) is 0 Å². The standard InChI is InChI=1S/C17H17FN4O2S/c18-10-1-3-11(4-2-10)19-16(24)17-21-20-15(25-17)9-22-12-5-6-13(22)8-14(23)7-12/h1-4,12-13H,5-9H2,(H,19,24). The Kier molecular flexibility index (Phi) is 4.30. The fourth-order valence-electron chi connectivity index (χ4n) is 3.60. The Hall–Kier alpha value is -2.19. The Morgan fingerprint density at radius 2 is 1.88 bits per heavy atom. The van der Waals surface area contributed by atoms with E-state index in [1.165, 1.54) is 35.6 Å². The molecule has 2 atom stereocenters. The molecule has 8 heteroatoms. The molecule has 1 aromatic heterocycles. The summed E-state index contributed by atoms with van der Waals surface area (Å²) in [6, 6.07) is 6.16. The number of nitrogens with one attached hydrogen (secondary N) is 1.